The Hall–Kier alpha value is -1.72. The van der Waals surface area contributed by atoms with E-state index in [-0.39, 0.29) is 0 Å². The molecule has 0 aromatic heterocycles. The van der Waals surface area contributed by atoms with Gasteiger partial charge in [0.25, 0.3) is 0 Å². The van der Waals surface area contributed by atoms with Crippen LogP contribution in [-0.2, 0) is 0 Å². The lowest BCUT2D eigenvalue weighted by Crippen LogP contribution is -2.03. The molecule has 0 aliphatic heterocycles. The van der Waals surface area contributed by atoms with E-state index >= 15 is 0 Å². The van der Waals surface area contributed by atoms with Crippen molar-refractivity contribution in [2.24, 2.45) is 5.73 Å². The first-order chi connectivity index (χ1) is 7.99. The predicted octanol–water partition coefficient (Wildman–Crippen LogP) is 4.42. The van der Waals surface area contributed by atoms with Crippen LogP contribution in [0.15, 0.2) is 65.1 Å². The first-order valence-electron chi connectivity index (χ1n) is 5.85. The molecule has 0 amide bonds. The molecule has 92 valence electrons. The first-order valence-corrected chi connectivity index (χ1v) is 5.85. The lowest BCUT2D eigenvalue weighted by molar-refractivity contribution is 1.10. The maximum absolute atomic E-state index is 5.94. The minimum Gasteiger partial charge on any atom is -0.402 e. The number of rotatable bonds is 5. The average molecular weight is 229 g/mol. The van der Waals surface area contributed by atoms with Gasteiger partial charge in [0, 0.05) is 16.8 Å². The van der Waals surface area contributed by atoms with Gasteiger partial charge < -0.3 is 5.73 Å². The number of nitrogens with two attached hydrogens (primary N) is 1. The highest BCUT2D eigenvalue weighted by Crippen LogP contribution is 2.26. The lowest BCUT2D eigenvalue weighted by Gasteiger charge is -2.14. The van der Waals surface area contributed by atoms with Crippen molar-refractivity contribution in [1.29, 1.82) is 0 Å². The summed E-state index contributed by atoms with van der Waals surface area (Å²) in [6, 6.07) is 0. The molecule has 17 heavy (non-hydrogen) atoms. The van der Waals surface area contributed by atoms with Crippen LogP contribution in [-0.4, -0.2) is 0 Å². The maximum atomic E-state index is 5.94. The summed E-state index contributed by atoms with van der Waals surface area (Å²) in [4.78, 5) is 0. The largest absolute Gasteiger partial charge is 0.402 e. The van der Waals surface area contributed by atoms with Crippen molar-refractivity contribution >= 4 is 0 Å². The molecule has 0 unspecified atom stereocenters. The van der Waals surface area contributed by atoms with Crippen LogP contribution in [0.4, 0.5) is 0 Å². The Kier molecular flexibility index (Phi) is 6.77. The Morgan fingerprint density at radius 1 is 1.35 bits per heavy atom. The van der Waals surface area contributed by atoms with Gasteiger partial charge in [-0.3, -0.25) is 0 Å². The molecule has 0 radical (unpaired) electrons. The third kappa shape index (κ3) is 4.34. The van der Waals surface area contributed by atoms with Gasteiger partial charge in [-0.1, -0.05) is 32.2 Å². The molecule has 0 saturated heterocycles. The molecule has 1 heteroatoms. The summed E-state index contributed by atoms with van der Waals surface area (Å²) in [5.41, 5.74) is 14.1. The van der Waals surface area contributed by atoms with Crippen LogP contribution in [0.3, 0.4) is 0 Å². The molecule has 1 nitrogen and oxygen atoms in total. The fraction of sp³-hybridized carbons (Fsp3) is 0.312. The zero-order chi connectivity index (χ0) is 13.4. The van der Waals surface area contributed by atoms with Gasteiger partial charge in [0.15, 0.2) is 0 Å². The van der Waals surface area contributed by atoms with E-state index in [9.17, 15) is 0 Å². The molecule has 0 heterocycles. The molecular weight excluding hydrogens is 206 g/mol. The second kappa shape index (κ2) is 7.54. The summed E-state index contributed by atoms with van der Waals surface area (Å²) in [6.07, 6.45) is 6.43. The van der Waals surface area contributed by atoms with Crippen LogP contribution in [0.1, 0.15) is 34.1 Å². The highest BCUT2D eigenvalue weighted by Gasteiger charge is 2.10. The van der Waals surface area contributed by atoms with Gasteiger partial charge in [-0.15, -0.1) is 5.73 Å². The van der Waals surface area contributed by atoms with E-state index in [1.165, 1.54) is 0 Å². The minimum atomic E-state index is 0.789. The normalized spacial score (nSPS) is 12.4. The van der Waals surface area contributed by atoms with Crippen LogP contribution in [0.2, 0.25) is 0 Å². The Bertz CT molecular complexity index is 420. The molecule has 0 saturated carbocycles. The van der Waals surface area contributed by atoms with E-state index in [4.69, 9.17) is 5.73 Å². The van der Waals surface area contributed by atoms with E-state index in [1.807, 2.05) is 26.8 Å². The summed E-state index contributed by atoms with van der Waals surface area (Å²) in [5, 5.41) is 0. The topological polar surface area (TPSA) is 26.0 Å². The van der Waals surface area contributed by atoms with Crippen molar-refractivity contribution in [2.45, 2.75) is 34.1 Å². The zero-order valence-electron chi connectivity index (χ0n) is 11.4. The standard InChI is InChI=1S/C16H23N/c1-7-10-11-15(9-3)13(5)16(14(6)17)12(4)8-2/h7-8,10H,1,5,9,17H2,2-4,6H3/b12-8+,16-14-. The summed E-state index contributed by atoms with van der Waals surface area (Å²) in [5.74, 6) is 0. The molecule has 0 spiro atoms. The maximum Gasteiger partial charge on any atom is 0.0131 e. The highest BCUT2D eigenvalue weighted by atomic mass is 14.6. The van der Waals surface area contributed by atoms with E-state index < -0.39 is 0 Å². The SMILES string of the molecule is C=CC=C=C(CC)C(=C)C(=C(/C)N)/C(C)=C/C. The van der Waals surface area contributed by atoms with Gasteiger partial charge in [-0.2, -0.15) is 0 Å². The Labute approximate surface area is 105 Å². The van der Waals surface area contributed by atoms with Crippen molar-refractivity contribution in [3.8, 4) is 0 Å². The van der Waals surface area contributed by atoms with Crippen molar-refractivity contribution < 1.29 is 0 Å². The van der Waals surface area contributed by atoms with Gasteiger partial charge in [0.1, 0.15) is 0 Å². The summed E-state index contributed by atoms with van der Waals surface area (Å²) < 4.78 is 0. The molecule has 0 aliphatic carbocycles. The van der Waals surface area contributed by atoms with Crippen LogP contribution < -0.4 is 5.73 Å². The van der Waals surface area contributed by atoms with E-state index in [0.717, 1.165) is 34.4 Å². The molecule has 0 fully saturated rings. The van der Waals surface area contributed by atoms with Crippen molar-refractivity contribution in [1.82, 2.24) is 0 Å². The third-order valence-corrected chi connectivity index (χ3v) is 2.62. The van der Waals surface area contributed by atoms with Gasteiger partial charge in [-0.05, 0) is 44.4 Å². The quantitative estimate of drug-likeness (QED) is 0.548. The molecule has 0 aliphatic rings. The average Bonchev–Trinajstić information content (AvgIpc) is 2.29. The van der Waals surface area contributed by atoms with Crippen molar-refractivity contribution in [2.75, 3.05) is 0 Å². The van der Waals surface area contributed by atoms with E-state index in [0.29, 0.717) is 0 Å². The minimum absolute atomic E-state index is 0.789. The smallest absolute Gasteiger partial charge is 0.0131 e. The van der Waals surface area contributed by atoms with Gasteiger partial charge in [0.05, 0.1) is 0 Å². The third-order valence-electron chi connectivity index (χ3n) is 2.62. The fourth-order valence-electron chi connectivity index (χ4n) is 1.64. The van der Waals surface area contributed by atoms with Gasteiger partial charge >= 0.3 is 0 Å². The second-order valence-electron chi connectivity index (χ2n) is 3.89. The van der Waals surface area contributed by atoms with Gasteiger partial charge in [-0.25, -0.2) is 0 Å². The number of hydrogen-bond acceptors (Lipinski definition) is 1. The Morgan fingerprint density at radius 2 is 1.94 bits per heavy atom. The molecule has 2 N–H and O–H groups in total. The Morgan fingerprint density at radius 3 is 2.29 bits per heavy atom. The van der Waals surface area contributed by atoms with Crippen LogP contribution >= 0.6 is 0 Å². The van der Waals surface area contributed by atoms with Crippen LogP contribution in [0.25, 0.3) is 0 Å². The van der Waals surface area contributed by atoms with Crippen LogP contribution in [0.5, 0.6) is 0 Å². The fourth-order valence-corrected chi connectivity index (χ4v) is 1.64. The lowest BCUT2D eigenvalue weighted by atomic mass is 9.91. The molecular formula is C16H23N. The molecule has 0 aromatic rings. The monoisotopic (exact) mass is 229 g/mol. The summed E-state index contributed by atoms with van der Waals surface area (Å²) in [7, 11) is 0. The summed E-state index contributed by atoms with van der Waals surface area (Å²) in [6.45, 7) is 15.8. The predicted molar refractivity (Wildman–Crippen MR) is 77.5 cm³/mol. The molecule has 0 atom stereocenters. The molecule has 0 rings (SSSR count). The second-order valence-corrected chi connectivity index (χ2v) is 3.89. The van der Waals surface area contributed by atoms with Crippen LogP contribution in [0, 0.1) is 0 Å². The van der Waals surface area contributed by atoms with Crippen molar-refractivity contribution in [3.05, 3.63) is 65.1 Å². The Balaban J connectivity index is 5.63. The summed E-state index contributed by atoms with van der Waals surface area (Å²) >= 11 is 0. The first kappa shape index (κ1) is 15.3. The highest BCUT2D eigenvalue weighted by molar-refractivity contribution is 5.55. The van der Waals surface area contributed by atoms with E-state index in [2.05, 4.69) is 25.8 Å². The van der Waals surface area contributed by atoms with Gasteiger partial charge in [0.2, 0.25) is 0 Å². The molecule has 0 aromatic carbocycles. The number of allylic oxidation sites excluding steroid dienone is 7. The number of hydrogen-bond donors (Lipinski definition) is 1. The molecule has 0 bridgehead atoms. The zero-order valence-corrected chi connectivity index (χ0v) is 11.4. The van der Waals surface area contributed by atoms with E-state index in [1.54, 1.807) is 12.2 Å². The van der Waals surface area contributed by atoms with Crippen molar-refractivity contribution in [3.63, 3.8) is 0 Å².